The molecule has 0 radical (unpaired) electrons. The Kier molecular flexibility index (Phi) is 14.7. The van der Waals surface area contributed by atoms with Crippen molar-refractivity contribution in [2.75, 3.05) is 0 Å². The zero-order chi connectivity index (χ0) is 5.54. The number of rotatable bonds is 0. The molecule has 2 heteroatoms. The van der Waals surface area contributed by atoms with Gasteiger partial charge in [-0.2, -0.15) is 0 Å². The van der Waals surface area contributed by atoms with Gasteiger partial charge in [-0.25, -0.2) is 0 Å². The first kappa shape index (κ1) is 11.3. The molecule has 0 aromatic carbocycles. The minimum atomic E-state index is 0. The molecule has 0 saturated heterocycles. The van der Waals surface area contributed by atoms with Gasteiger partial charge in [0, 0.05) is 0 Å². The number of halogens is 1. The molecule has 0 fully saturated rings. The van der Waals surface area contributed by atoms with Crippen molar-refractivity contribution in [2.45, 2.75) is 6.42 Å². The Hall–Kier alpha value is 0.432. The van der Waals surface area contributed by atoms with E-state index >= 15 is 0 Å². The normalized spacial score (nSPS) is 11.9. The third-order valence-corrected chi connectivity index (χ3v) is 0.655. The van der Waals surface area contributed by atoms with Crippen LogP contribution in [0.5, 0.6) is 0 Å². The van der Waals surface area contributed by atoms with Gasteiger partial charge in [-0.15, -0.1) is 0 Å². The van der Waals surface area contributed by atoms with E-state index in [1.54, 1.807) is 0 Å². The van der Waals surface area contributed by atoms with Crippen molar-refractivity contribution in [3.8, 4) is 0 Å². The van der Waals surface area contributed by atoms with E-state index in [-0.39, 0.29) is 7.43 Å². The molecule has 0 atom stereocenters. The topological polar surface area (TPSA) is 0 Å². The Morgan fingerprint density at radius 3 is 1.62 bits per heavy atom. The van der Waals surface area contributed by atoms with Gasteiger partial charge in [-0.05, 0) is 6.42 Å². The van der Waals surface area contributed by atoms with Gasteiger partial charge in [0.05, 0.1) is 0 Å². The van der Waals surface area contributed by atoms with Crippen molar-refractivity contribution in [1.82, 2.24) is 0 Å². The van der Waals surface area contributed by atoms with E-state index in [0.717, 1.165) is 6.42 Å². The van der Waals surface area contributed by atoms with Crippen LogP contribution in [-0.2, 0) is 18.2 Å². The average molecular weight is 223 g/mol. The molecule has 0 nitrogen and oxygen atoms in total. The van der Waals surface area contributed by atoms with Gasteiger partial charge in [-0.3, -0.25) is 0 Å². The minimum absolute atomic E-state index is 0. The first-order chi connectivity index (χ1) is 3.50. The first-order valence-electron chi connectivity index (χ1n) is 1.94. The molecule has 1 rings (SSSR count). The molecule has 0 aromatic heterocycles. The molecule has 0 unspecified atom stereocenters. The second-order valence-electron chi connectivity index (χ2n) is 1.09. The SMILES string of the molecule is C1=CCC=C1.[CH3-].[Cl][Pd+]. The zero-order valence-electron chi connectivity index (χ0n) is 4.71. The fourth-order valence-corrected chi connectivity index (χ4v) is 0.393. The van der Waals surface area contributed by atoms with Crippen LogP contribution in [0.3, 0.4) is 0 Å². The van der Waals surface area contributed by atoms with Crippen LogP contribution in [0.25, 0.3) is 0 Å². The average Bonchev–Trinajstić information content (AvgIpc) is 2.23. The van der Waals surface area contributed by atoms with Gasteiger partial charge in [0.25, 0.3) is 0 Å². The monoisotopic (exact) mass is 222 g/mol. The van der Waals surface area contributed by atoms with E-state index in [9.17, 15) is 0 Å². The van der Waals surface area contributed by atoms with Gasteiger partial charge in [0.15, 0.2) is 0 Å². The van der Waals surface area contributed by atoms with Crippen LogP contribution >= 0.6 is 9.53 Å². The summed E-state index contributed by atoms with van der Waals surface area (Å²) in [4.78, 5) is 0. The molecule has 0 bridgehead atoms. The van der Waals surface area contributed by atoms with Crippen molar-refractivity contribution in [3.63, 3.8) is 0 Å². The Balaban J connectivity index is 0. The molecular formula is C6H9ClPd. The Labute approximate surface area is 66.0 Å². The van der Waals surface area contributed by atoms with Gasteiger partial charge in [-0.1, -0.05) is 24.3 Å². The molecule has 0 saturated carbocycles. The number of hydrogen-bond donors (Lipinski definition) is 0. The van der Waals surface area contributed by atoms with Crippen LogP contribution in [0.15, 0.2) is 24.3 Å². The van der Waals surface area contributed by atoms with Gasteiger partial charge >= 0.3 is 27.7 Å². The molecule has 50 valence electrons. The Morgan fingerprint density at radius 1 is 1.12 bits per heavy atom. The third-order valence-electron chi connectivity index (χ3n) is 0.655. The second-order valence-corrected chi connectivity index (χ2v) is 1.09. The summed E-state index contributed by atoms with van der Waals surface area (Å²) in [5.74, 6) is 0. The van der Waals surface area contributed by atoms with Crippen LogP contribution in [-0.4, -0.2) is 0 Å². The van der Waals surface area contributed by atoms with Crippen molar-refractivity contribution in [2.24, 2.45) is 0 Å². The summed E-state index contributed by atoms with van der Waals surface area (Å²) in [7, 11) is 4.49. The number of hydrogen-bond acceptors (Lipinski definition) is 0. The summed E-state index contributed by atoms with van der Waals surface area (Å²) in [5, 5.41) is 0. The van der Waals surface area contributed by atoms with Gasteiger partial charge in [0.2, 0.25) is 0 Å². The van der Waals surface area contributed by atoms with E-state index < -0.39 is 0 Å². The van der Waals surface area contributed by atoms with Crippen LogP contribution in [0.2, 0.25) is 0 Å². The molecule has 8 heavy (non-hydrogen) atoms. The molecule has 0 N–H and O–H groups in total. The number of allylic oxidation sites excluding steroid dienone is 4. The summed E-state index contributed by atoms with van der Waals surface area (Å²) >= 11 is 2.22. The Morgan fingerprint density at radius 2 is 1.50 bits per heavy atom. The van der Waals surface area contributed by atoms with E-state index in [1.807, 2.05) is 0 Å². The molecule has 0 aromatic rings. The quantitative estimate of drug-likeness (QED) is 0.437. The fraction of sp³-hybridized carbons (Fsp3) is 0.167. The zero-order valence-corrected chi connectivity index (χ0v) is 7.02. The molecule has 0 heterocycles. The van der Waals surface area contributed by atoms with E-state index in [0.29, 0.717) is 0 Å². The third kappa shape index (κ3) is 6.43. The summed E-state index contributed by atoms with van der Waals surface area (Å²) < 4.78 is 0. The van der Waals surface area contributed by atoms with Gasteiger partial charge in [0.1, 0.15) is 0 Å². The van der Waals surface area contributed by atoms with Gasteiger partial charge < -0.3 is 7.43 Å². The summed E-state index contributed by atoms with van der Waals surface area (Å²) in [6, 6.07) is 0. The van der Waals surface area contributed by atoms with E-state index in [1.165, 1.54) is 0 Å². The van der Waals surface area contributed by atoms with E-state index in [2.05, 4.69) is 52.0 Å². The van der Waals surface area contributed by atoms with Crippen LogP contribution in [0, 0.1) is 7.43 Å². The maximum absolute atomic E-state index is 4.49. The molecule has 0 amide bonds. The van der Waals surface area contributed by atoms with Crippen molar-refractivity contribution in [1.29, 1.82) is 0 Å². The molecule has 1 aliphatic rings. The summed E-state index contributed by atoms with van der Waals surface area (Å²) in [5.41, 5.74) is 0. The van der Waals surface area contributed by atoms with Crippen LogP contribution in [0.4, 0.5) is 0 Å². The predicted molar refractivity (Wildman–Crippen MR) is 35.2 cm³/mol. The van der Waals surface area contributed by atoms with Crippen LogP contribution < -0.4 is 0 Å². The first-order valence-corrected chi connectivity index (χ1v) is 3.94. The van der Waals surface area contributed by atoms with Crippen molar-refractivity contribution in [3.05, 3.63) is 31.7 Å². The predicted octanol–water partition coefficient (Wildman–Crippen LogP) is 2.64. The molecule has 1 aliphatic carbocycles. The molecule has 0 aliphatic heterocycles. The maximum atomic E-state index is 4.49. The Bertz CT molecular complexity index is 66.6. The van der Waals surface area contributed by atoms with Crippen molar-refractivity contribution >= 4 is 9.53 Å². The summed E-state index contributed by atoms with van der Waals surface area (Å²) in [6.45, 7) is 0. The van der Waals surface area contributed by atoms with E-state index in [4.69, 9.17) is 0 Å². The fourth-order valence-electron chi connectivity index (χ4n) is 0.393. The van der Waals surface area contributed by atoms with Crippen molar-refractivity contribution < 1.29 is 18.2 Å². The van der Waals surface area contributed by atoms with Crippen LogP contribution in [0.1, 0.15) is 6.42 Å². The second kappa shape index (κ2) is 10.4. The molecular weight excluding hydrogens is 214 g/mol. The standard InChI is InChI=1S/C5H6.CH3.ClH.Pd/c1-2-4-5-3-1;;;/h1-4H,5H2;1H3;1H;/q;-1;;+2/p-1. The molecule has 0 spiro atoms. The summed E-state index contributed by atoms with van der Waals surface area (Å²) in [6.07, 6.45) is 9.50.